The summed E-state index contributed by atoms with van der Waals surface area (Å²) >= 11 is 0. The number of carbonyl (C=O) groups excluding carboxylic acids is 1. The number of likely N-dealkylation sites (tertiary alicyclic amines) is 1. The summed E-state index contributed by atoms with van der Waals surface area (Å²) in [5.41, 5.74) is -0.542. The molecule has 6 nitrogen and oxygen atoms in total. The molecule has 2 aromatic rings. The Labute approximate surface area is 195 Å². The van der Waals surface area contributed by atoms with Crippen molar-refractivity contribution >= 4 is 27.3 Å². The number of hydrogen-bond acceptors (Lipinski definition) is 4. The fraction of sp³-hybridized carbons (Fsp3) is 0.391. The number of carbonyl (C=O) groups is 1. The topological polar surface area (TPSA) is 60.9 Å². The molecule has 2 bridgehead atoms. The van der Waals surface area contributed by atoms with E-state index in [1.165, 1.54) is 31.2 Å². The van der Waals surface area contributed by atoms with Crippen LogP contribution in [0.25, 0.3) is 0 Å². The number of alkyl halides is 3. The van der Waals surface area contributed by atoms with Crippen molar-refractivity contribution in [1.82, 2.24) is 4.90 Å². The molecule has 2 aliphatic rings. The molecular weight excluding hydrogens is 474 g/mol. The fourth-order valence-electron chi connectivity index (χ4n) is 4.64. The summed E-state index contributed by atoms with van der Waals surface area (Å²) in [6.45, 7) is 3.74. The van der Waals surface area contributed by atoms with Gasteiger partial charge in [-0.25, -0.2) is 12.8 Å². The first-order valence-corrected chi connectivity index (χ1v) is 12.3. The number of benzene rings is 2. The molecule has 2 aromatic carbocycles. The predicted octanol–water partition coefficient (Wildman–Crippen LogP) is 3.72. The van der Waals surface area contributed by atoms with E-state index in [1.807, 2.05) is 0 Å². The van der Waals surface area contributed by atoms with Crippen molar-refractivity contribution in [2.24, 2.45) is 0 Å². The Hall–Kier alpha value is -2.82. The molecule has 0 aliphatic carbocycles. The van der Waals surface area contributed by atoms with Crippen molar-refractivity contribution in [3.8, 4) is 0 Å². The highest BCUT2D eigenvalue weighted by Crippen LogP contribution is 2.45. The van der Waals surface area contributed by atoms with Gasteiger partial charge in [0.05, 0.1) is 11.4 Å². The van der Waals surface area contributed by atoms with Crippen LogP contribution >= 0.6 is 0 Å². The third-order valence-corrected chi connectivity index (χ3v) is 7.87. The molecule has 1 radical (unpaired) electrons. The third-order valence-electron chi connectivity index (χ3n) is 6.19. The lowest BCUT2D eigenvalue weighted by molar-refractivity contribution is -0.131. The van der Waals surface area contributed by atoms with Crippen LogP contribution in [0.2, 0.25) is 0 Å². The molecule has 2 heterocycles. The van der Waals surface area contributed by atoms with E-state index >= 15 is 4.39 Å². The molecule has 4 rings (SSSR count). The average Bonchev–Trinajstić information content (AvgIpc) is 2.75. The van der Waals surface area contributed by atoms with Crippen molar-refractivity contribution in [1.29, 1.82) is 0 Å². The standard InChI is InChI=1S/C23H24F4N3O3S/c1-15-8-9-20(30-18-10-19(30)12-28(11-18)16(2)31)22(21(15)24)29(14-23(25,26)27)34(32,33)13-17-6-4-3-5-7-17/h3-9,18-19H,1,10-14H2,2H3/t18-,19+. The molecule has 0 N–H and O–H groups in total. The number of nitrogens with zero attached hydrogens (tertiary/aromatic N) is 3. The van der Waals surface area contributed by atoms with E-state index in [1.54, 1.807) is 28.0 Å². The van der Waals surface area contributed by atoms with E-state index in [-0.39, 0.29) is 39.1 Å². The third kappa shape index (κ3) is 4.70. The maximum Gasteiger partial charge on any atom is 0.407 e. The molecule has 0 aromatic heterocycles. The van der Waals surface area contributed by atoms with Gasteiger partial charge in [-0.2, -0.15) is 13.2 Å². The summed E-state index contributed by atoms with van der Waals surface area (Å²) in [6, 6.07) is 9.99. The molecule has 34 heavy (non-hydrogen) atoms. The quantitative estimate of drug-likeness (QED) is 0.570. The minimum Gasteiger partial charge on any atom is -0.360 e. The van der Waals surface area contributed by atoms with Crippen LogP contribution in [0.5, 0.6) is 0 Å². The summed E-state index contributed by atoms with van der Waals surface area (Å²) in [7, 11) is -4.63. The fourth-order valence-corrected chi connectivity index (χ4v) is 6.21. The lowest BCUT2D eigenvalue weighted by atomic mass is 9.86. The number of hydrogen-bond donors (Lipinski definition) is 0. The highest BCUT2D eigenvalue weighted by Gasteiger charge is 2.48. The molecule has 2 aliphatic heterocycles. The van der Waals surface area contributed by atoms with E-state index in [4.69, 9.17) is 0 Å². The van der Waals surface area contributed by atoms with E-state index < -0.39 is 40.0 Å². The van der Waals surface area contributed by atoms with Gasteiger partial charge in [-0.1, -0.05) is 36.4 Å². The van der Waals surface area contributed by atoms with Crippen LogP contribution in [0.1, 0.15) is 24.5 Å². The monoisotopic (exact) mass is 498 g/mol. The van der Waals surface area contributed by atoms with Gasteiger partial charge in [0.25, 0.3) is 0 Å². The minimum atomic E-state index is -4.92. The van der Waals surface area contributed by atoms with Crippen molar-refractivity contribution in [2.45, 2.75) is 37.4 Å². The van der Waals surface area contributed by atoms with Gasteiger partial charge in [-0.05, 0) is 30.5 Å². The van der Waals surface area contributed by atoms with Crippen molar-refractivity contribution in [3.63, 3.8) is 0 Å². The van der Waals surface area contributed by atoms with Gasteiger partial charge in [-0.3, -0.25) is 9.10 Å². The normalized spacial score (nSPS) is 20.2. The molecule has 11 heteroatoms. The number of piperazine rings is 1. The van der Waals surface area contributed by atoms with Crippen LogP contribution in [0.4, 0.5) is 28.9 Å². The molecule has 0 saturated carbocycles. The maximum absolute atomic E-state index is 15.4. The number of halogens is 4. The second-order valence-electron chi connectivity index (χ2n) is 8.64. The zero-order valence-corrected chi connectivity index (χ0v) is 19.2. The predicted molar refractivity (Wildman–Crippen MR) is 120 cm³/mol. The summed E-state index contributed by atoms with van der Waals surface area (Å²) in [5, 5.41) is 0. The number of amides is 1. The molecule has 183 valence electrons. The van der Waals surface area contributed by atoms with E-state index in [2.05, 4.69) is 6.92 Å². The number of rotatable bonds is 6. The SMILES string of the molecule is [CH2]c1ccc(N2[C@@H]3C[C@H]2CN(C(C)=O)C3)c(N(CC(F)(F)F)S(=O)(=O)Cc2ccccc2)c1F. The van der Waals surface area contributed by atoms with Crippen molar-refractivity contribution < 1.29 is 30.8 Å². The van der Waals surface area contributed by atoms with Crippen molar-refractivity contribution in [2.75, 3.05) is 28.8 Å². The Morgan fingerprint density at radius 3 is 2.29 bits per heavy atom. The smallest absolute Gasteiger partial charge is 0.360 e. The lowest BCUT2D eigenvalue weighted by Gasteiger charge is -2.58. The van der Waals surface area contributed by atoms with Crippen LogP contribution in [-0.2, 0) is 20.6 Å². The van der Waals surface area contributed by atoms with E-state index in [9.17, 15) is 26.4 Å². The van der Waals surface area contributed by atoms with Crippen molar-refractivity contribution in [3.05, 3.63) is 66.3 Å². The Kier molecular flexibility index (Phi) is 6.26. The van der Waals surface area contributed by atoms with Gasteiger partial charge < -0.3 is 9.80 Å². The summed E-state index contributed by atoms with van der Waals surface area (Å²) in [5.74, 6) is -1.97. The zero-order chi connectivity index (χ0) is 24.8. The van der Waals surface area contributed by atoms with Crippen LogP contribution in [0, 0.1) is 12.7 Å². The molecule has 2 saturated heterocycles. The Balaban J connectivity index is 1.79. The lowest BCUT2D eigenvalue weighted by Crippen LogP contribution is -2.69. The van der Waals surface area contributed by atoms with E-state index in [0.717, 1.165) is 0 Å². The van der Waals surface area contributed by atoms with Gasteiger partial charge in [0.2, 0.25) is 15.9 Å². The summed E-state index contributed by atoms with van der Waals surface area (Å²) in [4.78, 5) is 15.1. The zero-order valence-electron chi connectivity index (χ0n) is 18.4. The van der Waals surface area contributed by atoms with Gasteiger partial charge in [-0.15, -0.1) is 0 Å². The van der Waals surface area contributed by atoms with Crippen LogP contribution in [-0.4, -0.2) is 57.1 Å². The number of fused-ring (bicyclic) bond motifs is 2. The van der Waals surface area contributed by atoms with Gasteiger partial charge in [0.1, 0.15) is 12.2 Å². The van der Waals surface area contributed by atoms with E-state index in [0.29, 0.717) is 19.5 Å². The van der Waals surface area contributed by atoms with Gasteiger partial charge >= 0.3 is 6.18 Å². The first kappa shape index (κ1) is 24.3. The highest BCUT2D eigenvalue weighted by molar-refractivity contribution is 7.92. The number of sulfonamides is 1. The Morgan fingerprint density at radius 1 is 1.12 bits per heavy atom. The summed E-state index contributed by atoms with van der Waals surface area (Å²) < 4.78 is 82.9. The number of piperidine rings is 1. The van der Waals surface area contributed by atoms with Crippen LogP contribution in [0.15, 0.2) is 42.5 Å². The summed E-state index contributed by atoms with van der Waals surface area (Å²) in [6.07, 6.45) is -4.24. The number of anilines is 2. The Bertz CT molecular complexity index is 1180. The molecule has 2 fully saturated rings. The van der Waals surface area contributed by atoms with Gasteiger partial charge in [0.15, 0.2) is 5.82 Å². The maximum atomic E-state index is 15.4. The van der Waals surface area contributed by atoms with Gasteiger partial charge in [0, 0.05) is 32.1 Å². The molecule has 2 atom stereocenters. The van der Waals surface area contributed by atoms with Crippen LogP contribution < -0.4 is 9.21 Å². The Morgan fingerprint density at radius 2 is 1.74 bits per heavy atom. The molecule has 0 unspecified atom stereocenters. The van der Waals surface area contributed by atoms with Crippen LogP contribution in [0.3, 0.4) is 0 Å². The molecule has 0 spiro atoms. The first-order chi connectivity index (χ1) is 15.9. The molecule has 1 amide bonds. The second kappa shape index (κ2) is 8.75. The second-order valence-corrected chi connectivity index (χ2v) is 10.5. The highest BCUT2D eigenvalue weighted by atomic mass is 32.2. The largest absolute Gasteiger partial charge is 0.407 e. The molecular formula is C23H24F4N3O3S. The minimum absolute atomic E-state index is 0.0511. The first-order valence-electron chi connectivity index (χ1n) is 10.7. The average molecular weight is 499 g/mol.